The van der Waals surface area contributed by atoms with E-state index in [0.29, 0.717) is 17.4 Å². The molecular weight excluding hydrogens is 260 g/mol. The number of benzene rings is 1. The van der Waals surface area contributed by atoms with Crippen LogP contribution in [-0.2, 0) is 4.79 Å². The van der Waals surface area contributed by atoms with Crippen molar-refractivity contribution in [3.63, 3.8) is 0 Å². The maximum Gasteiger partial charge on any atom is 0.276 e. The molecule has 0 atom stereocenters. The molecule has 2 rings (SSSR count). The predicted octanol–water partition coefficient (Wildman–Crippen LogP) is 1.94. The van der Waals surface area contributed by atoms with Crippen LogP contribution in [0, 0.1) is 0 Å². The summed E-state index contributed by atoms with van der Waals surface area (Å²) in [4.78, 5) is 13.6. The third-order valence-electron chi connectivity index (χ3n) is 2.68. The lowest BCUT2D eigenvalue weighted by Gasteiger charge is -2.09. The largest absolute Gasteiger partial charge is 0.497 e. The highest BCUT2D eigenvalue weighted by Crippen LogP contribution is 2.17. The fraction of sp³-hybridized carbons (Fsp3) is 0.143. The van der Waals surface area contributed by atoms with Gasteiger partial charge in [0.15, 0.2) is 5.11 Å². The molecule has 0 saturated carbocycles. The Morgan fingerprint density at radius 2 is 2.32 bits per heavy atom. The lowest BCUT2D eigenvalue weighted by Crippen LogP contribution is -2.30. The molecule has 1 fully saturated rings. The van der Waals surface area contributed by atoms with E-state index < -0.39 is 0 Å². The fourth-order valence-electron chi connectivity index (χ4n) is 1.76. The van der Waals surface area contributed by atoms with E-state index in [4.69, 9.17) is 17.0 Å². The van der Waals surface area contributed by atoms with E-state index in [2.05, 4.69) is 11.9 Å². The fourth-order valence-corrected chi connectivity index (χ4v) is 2.03. The number of carbonyl (C=O) groups excluding carboxylic acids is 1. The molecule has 1 saturated heterocycles. The van der Waals surface area contributed by atoms with Crippen LogP contribution < -0.4 is 10.1 Å². The lowest BCUT2D eigenvalue weighted by molar-refractivity contribution is -0.122. The number of hydrogen-bond acceptors (Lipinski definition) is 3. The van der Waals surface area contributed by atoms with Crippen molar-refractivity contribution in [1.29, 1.82) is 0 Å². The summed E-state index contributed by atoms with van der Waals surface area (Å²) < 4.78 is 5.14. The number of methoxy groups -OCH3 is 1. The smallest absolute Gasteiger partial charge is 0.276 e. The molecule has 1 amide bonds. The second-order valence-electron chi connectivity index (χ2n) is 3.97. The first-order valence-electron chi connectivity index (χ1n) is 5.75. The topological polar surface area (TPSA) is 41.6 Å². The second-order valence-corrected chi connectivity index (χ2v) is 4.36. The summed E-state index contributed by atoms with van der Waals surface area (Å²) in [6, 6.07) is 7.45. The van der Waals surface area contributed by atoms with Crippen molar-refractivity contribution in [2.75, 3.05) is 13.7 Å². The zero-order valence-electron chi connectivity index (χ0n) is 10.6. The van der Waals surface area contributed by atoms with Gasteiger partial charge in [-0.1, -0.05) is 18.2 Å². The Morgan fingerprint density at radius 1 is 1.53 bits per heavy atom. The number of nitrogens with one attached hydrogen (secondary N) is 1. The molecule has 0 aromatic heterocycles. The van der Waals surface area contributed by atoms with Gasteiger partial charge in [0, 0.05) is 6.54 Å². The van der Waals surface area contributed by atoms with Gasteiger partial charge in [-0.05, 0) is 36.0 Å². The third kappa shape index (κ3) is 2.82. The molecule has 1 aromatic rings. The molecule has 19 heavy (non-hydrogen) atoms. The van der Waals surface area contributed by atoms with Gasteiger partial charge in [0.1, 0.15) is 11.4 Å². The van der Waals surface area contributed by atoms with Gasteiger partial charge in [-0.2, -0.15) is 0 Å². The summed E-state index contributed by atoms with van der Waals surface area (Å²) in [5.41, 5.74) is 1.33. The first-order chi connectivity index (χ1) is 9.15. The number of hydrogen-bond donors (Lipinski definition) is 1. The van der Waals surface area contributed by atoms with E-state index in [0.717, 1.165) is 11.3 Å². The molecule has 0 radical (unpaired) electrons. The van der Waals surface area contributed by atoms with Crippen LogP contribution in [0.5, 0.6) is 5.75 Å². The monoisotopic (exact) mass is 274 g/mol. The minimum absolute atomic E-state index is 0.146. The normalized spacial score (nSPS) is 16.7. The highest BCUT2D eigenvalue weighted by molar-refractivity contribution is 7.80. The van der Waals surface area contributed by atoms with E-state index in [-0.39, 0.29) is 5.91 Å². The molecule has 0 spiro atoms. The quantitative estimate of drug-likeness (QED) is 0.517. The number of ether oxygens (including phenoxy) is 1. The van der Waals surface area contributed by atoms with Crippen molar-refractivity contribution in [3.8, 4) is 5.75 Å². The summed E-state index contributed by atoms with van der Waals surface area (Å²) in [5.74, 6) is 0.595. The van der Waals surface area contributed by atoms with E-state index in [1.165, 1.54) is 4.90 Å². The van der Waals surface area contributed by atoms with E-state index in [1.807, 2.05) is 24.3 Å². The van der Waals surface area contributed by atoms with Crippen molar-refractivity contribution in [1.82, 2.24) is 10.2 Å². The molecule has 4 nitrogen and oxygen atoms in total. The van der Waals surface area contributed by atoms with Crippen molar-refractivity contribution >= 4 is 29.3 Å². The molecule has 1 aromatic carbocycles. The molecular formula is C14H14N2O2S. The first kappa shape index (κ1) is 13.3. The van der Waals surface area contributed by atoms with Gasteiger partial charge in [0.2, 0.25) is 0 Å². The Balaban J connectivity index is 2.26. The van der Waals surface area contributed by atoms with Gasteiger partial charge in [-0.15, -0.1) is 6.58 Å². The molecule has 5 heteroatoms. The van der Waals surface area contributed by atoms with E-state index >= 15 is 0 Å². The minimum Gasteiger partial charge on any atom is -0.497 e. The highest BCUT2D eigenvalue weighted by Gasteiger charge is 2.29. The average Bonchev–Trinajstić information content (AvgIpc) is 2.67. The summed E-state index contributed by atoms with van der Waals surface area (Å²) in [5, 5.41) is 3.31. The molecule has 1 N–H and O–H groups in total. The SMILES string of the molecule is C=CCN1C(=O)C(=Cc2cccc(OC)c2)NC1=S. The zero-order chi connectivity index (χ0) is 13.8. The van der Waals surface area contributed by atoms with Crippen molar-refractivity contribution < 1.29 is 9.53 Å². The predicted molar refractivity (Wildman–Crippen MR) is 78.6 cm³/mol. The van der Waals surface area contributed by atoms with Crippen LogP contribution in [0.3, 0.4) is 0 Å². The van der Waals surface area contributed by atoms with Crippen LogP contribution in [0.25, 0.3) is 6.08 Å². The van der Waals surface area contributed by atoms with Gasteiger partial charge in [-0.25, -0.2) is 0 Å². The molecule has 1 heterocycles. The molecule has 0 aliphatic carbocycles. The van der Waals surface area contributed by atoms with Gasteiger partial charge < -0.3 is 10.1 Å². The van der Waals surface area contributed by atoms with Gasteiger partial charge in [0.05, 0.1) is 7.11 Å². The van der Waals surface area contributed by atoms with E-state index in [1.54, 1.807) is 19.3 Å². The van der Waals surface area contributed by atoms with Crippen molar-refractivity contribution in [2.24, 2.45) is 0 Å². The number of rotatable bonds is 4. The number of thiocarbonyl (C=S) groups is 1. The standard InChI is InChI=1S/C14H14N2O2S/c1-3-7-16-13(17)12(15-14(16)19)9-10-5-4-6-11(8-10)18-2/h3-6,8-9H,1,7H2,2H3,(H,15,19). The third-order valence-corrected chi connectivity index (χ3v) is 3.00. The summed E-state index contributed by atoms with van der Waals surface area (Å²) in [7, 11) is 1.60. The van der Waals surface area contributed by atoms with Crippen LogP contribution >= 0.6 is 12.2 Å². The summed E-state index contributed by atoms with van der Waals surface area (Å²) in [6.45, 7) is 4.01. The Kier molecular flexibility index (Phi) is 3.97. The van der Waals surface area contributed by atoms with Crippen LogP contribution in [0.15, 0.2) is 42.6 Å². The van der Waals surface area contributed by atoms with Crippen LogP contribution in [-0.4, -0.2) is 29.6 Å². The van der Waals surface area contributed by atoms with Crippen LogP contribution in [0.2, 0.25) is 0 Å². The molecule has 0 bridgehead atoms. The Morgan fingerprint density at radius 3 is 3.00 bits per heavy atom. The maximum atomic E-state index is 12.1. The Hall–Kier alpha value is -2.14. The number of carbonyl (C=O) groups is 1. The molecule has 1 aliphatic heterocycles. The van der Waals surface area contributed by atoms with Crippen LogP contribution in [0.4, 0.5) is 0 Å². The van der Waals surface area contributed by atoms with Crippen molar-refractivity contribution in [3.05, 3.63) is 48.2 Å². The first-order valence-corrected chi connectivity index (χ1v) is 6.16. The number of nitrogens with zero attached hydrogens (tertiary/aromatic N) is 1. The van der Waals surface area contributed by atoms with E-state index in [9.17, 15) is 4.79 Å². The molecule has 1 aliphatic rings. The lowest BCUT2D eigenvalue weighted by atomic mass is 10.2. The molecule has 98 valence electrons. The van der Waals surface area contributed by atoms with Crippen molar-refractivity contribution in [2.45, 2.75) is 0 Å². The maximum absolute atomic E-state index is 12.1. The Labute approximate surface area is 117 Å². The van der Waals surface area contributed by atoms with Gasteiger partial charge >= 0.3 is 0 Å². The minimum atomic E-state index is -0.146. The molecule has 0 unspecified atom stereocenters. The average molecular weight is 274 g/mol. The Bertz CT molecular complexity index is 566. The van der Waals surface area contributed by atoms with Crippen LogP contribution in [0.1, 0.15) is 5.56 Å². The van der Waals surface area contributed by atoms with Gasteiger partial charge in [0.25, 0.3) is 5.91 Å². The van der Waals surface area contributed by atoms with Gasteiger partial charge in [-0.3, -0.25) is 9.69 Å². The number of amides is 1. The highest BCUT2D eigenvalue weighted by atomic mass is 32.1. The summed E-state index contributed by atoms with van der Waals surface area (Å²) >= 11 is 5.11. The summed E-state index contributed by atoms with van der Waals surface area (Å²) in [6.07, 6.45) is 3.39. The second kappa shape index (κ2) is 5.67. The zero-order valence-corrected chi connectivity index (χ0v) is 11.4.